The van der Waals surface area contributed by atoms with Gasteiger partial charge in [-0.3, -0.25) is 26.9 Å². The second-order valence-electron chi connectivity index (χ2n) is 34.4. The number of fused-ring (bicyclic) bond motifs is 27. The van der Waals surface area contributed by atoms with Gasteiger partial charge in [0.1, 0.15) is 28.1 Å². The Bertz CT molecular complexity index is 9220. The van der Waals surface area contributed by atoms with Gasteiger partial charge in [0.05, 0.1) is 82.8 Å². The van der Waals surface area contributed by atoms with Crippen molar-refractivity contribution in [2.24, 2.45) is 0 Å². The normalized spacial score (nSPS) is 12.1. The van der Waals surface area contributed by atoms with Gasteiger partial charge in [-0.25, -0.2) is 29.9 Å². The molecule has 0 radical (unpaired) electrons. The molecule has 17 aromatic carbocycles. The third-order valence-electron chi connectivity index (χ3n) is 25.6. The minimum atomic E-state index is 0.131. The molecule has 13 nitrogen and oxygen atoms in total. The van der Waals surface area contributed by atoms with E-state index in [9.17, 15) is 0 Å². The number of rotatable bonds is 7. The Labute approximate surface area is 727 Å². The van der Waals surface area contributed by atoms with Crippen LogP contribution in [0.15, 0.2) is 387 Å². The lowest BCUT2D eigenvalue weighted by atomic mass is 9.86. The van der Waals surface area contributed by atoms with Crippen molar-refractivity contribution in [3.8, 4) is 62.4 Å². The second kappa shape index (κ2) is 28.5. The second-order valence-corrected chi connectivity index (χ2v) is 34.4. The van der Waals surface area contributed by atoms with Crippen LogP contribution in [0.1, 0.15) is 37.5 Å². The third-order valence-corrected chi connectivity index (χ3v) is 25.6. The highest BCUT2D eigenvalue weighted by Crippen LogP contribution is 2.43. The first-order chi connectivity index (χ1) is 62.4. The van der Waals surface area contributed by atoms with E-state index in [1.165, 1.54) is 82.4 Å². The minimum absolute atomic E-state index is 0.131. The minimum Gasteiger partial charge on any atom is -0.456 e. The van der Waals surface area contributed by atoms with Gasteiger partial charge in [0.2, 0.25) is 17.8 Å². The highest BCUT2D eigenvalue weighted by atomic mass is 16.3. The number of aryl methyl sites for hydroxylation is 2. The Balaban J connectivity index is 0.000000105. The van der Waals surface area contributed by atoms with Crippen molar-refractivity contribution in [2.75, 3.05) is 0 Å². The third kappa shape index (κ3) is 11.8. The van der Waals surface area contributed by atoms with Crippen molar-refractivity contribution in [1.82, 2.24) is 56.8 Å². The number of nitrogens with zero attached hydrogens (tertiary/aromatic N) is 12. The van der Waals surface area contributed by atoms with Crippen LogP contribution in [0.25, 0.3) is 232 Å². The molecule has 0 aliphatic rings. The first-order valence-electron chi connectivity index (χ1n) is 43.2. The van der Waals surface area contributed by atoms with Gasteiger partial charge in [-0.2, -0.15) is 0 Å². The van der Waals surface area contributed by atoms with Gasteiger partial charge in [-0.15, -0.1) is 0 Å². The van der Waals surface area contributed by atoms with E-state index in [1.54, 1.807) is 0 Å². The number of para-hydroxylation sites is 13. The number of hydrogen-bond donors (Lipinski definition) is 0. The Morgan fingerprint density at radius 3 is 0.874 bits per heavy atom. The van der Waals surface area contributed by atoms with E-state index in [1.807, 2.05) is 48.5 Å². The molecule has 27 rings (SSSR count). The lowest BCUT2D eigenvalue weighted by Gasteiger charge is -2.19. The molecule has 10 aromatic heterocycles. The van der Waals surface area contributed by atoms with Crippen LogP contribution in [0, 0.1) is 13.8 Å². The first kappa shape index (κ1) is 73.1. The SMILES string of the molecule is CC(C)(C)c1ccc(-c2ccc3c(c2)c2ccccc2n3-c2nc3ccccc3c3nc4ccccc4n23)cc1.Cc1cc(C)cc(-c2ccc3c(c2)c2ccccc2n3-c2nc3ccccc3c3nc4ccccc4n23)c1.c1ccc2c(c1)nc(-n1c3ccccc3c3cc(-c4ccc(-c5ccc6c(c5)oc5ccccc56)cc4)ccc31)n1c3ccccc3nc21. The van der Waals surface area contributed by atoms with Crippen LogP contribution in [0.2, 0.25) is 0 Å². The van der Waals surface area contributed by atoms with E-state index >= 15 is 0 Å². The summed E-state index contributed by atoms with van der Waals surface area (Å²) in [6.07, 6.45) is 0. The average Bonchev–Trinajstić information content (AvgIpc) is 1.57. The highest BCUT2D eigenvalue weighted by molar-refractivity contribution is 6.15. The van der Waals surface area contributed by atoms with Crippen LogP contribution in [-0.4, -0.2) is 56.8 Å². The molecule has 0 spiro atoms. The van der Waals surface area contributed by atoms with Gasteiger partial charge >= 0.3 is 0 Å². The Kier molecular flexibility index (Phi) is 16.4. The zero-order valence-corrected chi connectivity index (χ0v) is 70.1. The average molecular weight is 1630 g/mol. The van der Waals surface area contributed by atoms with E-state index in [0.717, 1.165) is 167 Å². The lowest BCUT2D eigenvalue weighted by Crippen LogP contribution is -2.10. The zero-order valence-electron chi connectivity index (χ0n) is 70.1. The standard InChI is InChI=1S/C44H26N4O.C36H28N4.C34H24N4/c1-4-12-36-34(11-1)43-45-37-13-5-7-15-40(37)48(43)44(46-36)47-38-14-6-2-9-31(38)35-25-29(22-24-39(35)47)27-17-19-28(20-18-27)30-21-23-33-32-10-3-8-16-41(32)49-42(33)26-30;1-36(2,3)25-19-16-23(17-20-25)24-18-21-32-28(22-24)26-10-5-8-14-31(26)39(32)35-38-29-12-6-4-11-27(29)34-37-30-13-7-9-15-33(30)40(34)35;1-21-17-22(2)19-24(18-21)23-15-16-31-27(20-23)25-9-4-7-13-30(25)37(31)34-36-28-11-5-3-10-26(28)33-35-29-12-6-8-14-32(29)38(33)34/h1-26H;4-22H,1-3H3;3-20H,1-2H3. The summed E-state index contributed by atoms with van der Waals surface area (Å²) in [5, 5.41) is 12.6. The van der Waals surface area contributed by atoms with Crippen molar-refractivity contribution in [3.63, 3.8) is 0 Å². The van der Waals surface area contributed by atoms with E-state index in [-0.39, 0.29) is 5.41 Å². The fraction of sp³-hybridized carbons (Fsp3) is 0.0526. The van der Waals surface area contributed by atoms with Crippen LogP contribution in [-0.2, 0) is 5.41 Å². The van der Waals surface area contributed by atoms with Crippen LogP contribution < -0.4 is 0 Å². The molecular weight excluding hydrogens is 1550 g/mol. The smallest absolute Gasteiger partial charge is 0.221 e. The molecule has 10 heterocycles. The van der Waals surface area contributed by atoms with Gasteiger partial charge in [0.25, 0.3) is 0 Å². The molecule has 0 saturated heterocycles. The van der Waals surface area contributed by atoms with Crippen LogP contribution in [0.5, 0.6) is 0 Å². The topological polar surface area (TPSA) is 118 Å². The van der Waals surface area contributed by atoms with Gasteiger partial charge < -0.3 is 4.42 Å². The van der Waals surface area contributed by atoms with E-state index in [4.69, 9.17) is 34.3 Å². The quantitative estimate of drug-likeness (QED) is 0.156. The van der Waals surface area contributed by atoms with Crippen molar-refractivity contribution in [3.05, 3.63) is 399 Å². The van der Waals surface area contributed by atoms with E-state index in [2.05, 4.69) is 395 Å². The lowest BCUT2D eigenvalue weighted by molar-refractivity contribution is 0.590. The number of hydrogen-bond acceptors (Lipinski definition) is 7. The monoisotopic (exact) mass is 1630 g/mol. The fourth-order valence-electron chi connectivity index (χ4n) is 19.6. The van der Waals surface area contributed by atoms with Gasteiger partial charge in [-0.1, -0.05) is 268 Å². The maximum absolute atomic E-state index is 6.17. The summed E-state index contributed by atoms with van der Waals surface area (Å²) in [4.78, 5) is 31.0. The predicted molar refractivity (Wildman–Crippen MR) is 524 cm³/mol. The molecule has 0 unspecified atom stereocenters. The van der Waals surface area contributed by atoms with Crippen molar-refractivity contribution in [1.29, 1.82) is 0 Å². The maximum Gasteiger partial charge on any atom is 0.221 e. The van der Waals surface area contributed by atoms with E-state index < -0.39 is 0 Å². The summed E-state index contributed by atoms with van der Waals surface area (Å²) in [6.45, 7) is 11.1. The summed E-state index contributed by atoms with van der Waals surface area (Å²) < 4.78 is 19.7. The molecule has 13 heteroatoms. The van der Waals surface area contributed by atoms with Crippen molar-refractivity contribution in [2.45, 2.75) is 40.0 Å². The molecule has 0 aliphatic heterocycles. The first-order valence-corrected chi connectivity index (χ1v) is 43.2. The Hall–Kier alpha value is -16.6. The summed E-state index contributed by atoms with van der Waals surface area (Å²) in [5.41, 5.74) is 33.6. The molecule has 0 fully saturated rings. The molecule has 0 amide bonds. The van der Waals surface area contributed by atoms with Gasteiger partial charge in [0, 0.05) is 59.2 Å². The number of benzene rings is 17. The molecule has 27 aromatic rings. The van der Waals surface area contributed by atoms with E-state index in [0.29, 0.717) is 0 Å². The largest absolute Gasteiger partial charge is 0.456 e. The predicted octanol–water partition coefficient (Wildman–Crippen LogP) is 28.9. The summed E-state index contributed by atoms with van der Waals surface area (Å²) >= 11 is 0. The molecule has 0 atom stereocenters. The Morgan fingerprint density at radius 1 is 0.205 bits per heavy atom. The summed E-state index contributed by atoms with van der Waals surface area (Å²) in [5.74, 6) is 2.51. The zero-order chi connectivity index (χ0) is 84.4. The Morgan fingerprint density at radius 2 is 0.488 bits per heavy atom. The van der Waals surface area contributed by atoms with Crippen LogP contribution in [0.4, 0.5) is 0 Å². The molecular formula is C114H78N12O. The van der Waals surface area contributed by atoms with Crippen molar-refractivity contribution >= 4 is 170 Å². The molecule has 127 heavy (non-hydrogen) atoms. The van der Waals surface area contributed by atoms with Gasteiger partial charge in [-0.05, 0) is 215 Å². The van der Waals surface area contributed by atoms with Gasteiger partial charge in [0.15, 0.2) is 0 Å². The number of furan rings is 1. The molecule has 0 aliphatic carbocycles. The van der Waals surface area contributed by atoms with Crippen molar-refractivity contribution < 1.29 is 4.42 Å². The molecule has 0 saturated carbocycles. The highest BCUT2D eigenvalue weighted by Gasteiger charge is 2.26. The van der Waals surface area contributed by atoms with Crippen LogP contribution in [0.3, 0.4) is 0 Å². The molecule has 600 valence electrons. The fourth-order valence-corrected chi connectivity index (χ4v) is 19.6. The number of aromatic nitrogens is 12. The molecule has 0 bridgehead atoms. The number of imidazole rings is 3. The summed E-state index contributed by atoms with van der Waals surface area (Å²) in [7, 11) is 0. The molecule has 0 N–H and O–H groups in total. The maximum atomic E-state index is 6.17. The van der Waals surface area contributed by atoms with Crippen LogP contribution >= 0.6 is 0 Å². The summed E-state index contributed by atoms with van der Waals surface area (Å²) in [6, 6.07) is 135.